The average molecular weight is 262 g/mol. The van der Waals surface area contributed by atoms with Gasteiger partial charge in [-0.2, -0.15) is 5.26 Å². The lowest BCUT2D eigenvalue weighted by atomic mass is 10.0. The van der Waals surface area contributed by atoms with Crippen molar-refractivity contribution in [1.82, 2.24) is 4.90 Å². The summed E-state index contributed by atoms with van der Waals surface area (Å²) in [6, 6.07) is 5.88. The van der Waals surface area contributed by atoms with Crippen LogP contribution in [0.15, 0.2) is 18.2 Å². The van der Waals surface area contributed by atoms with E-state index in [4.69, 9.17) is 10.4 Å². The molecule has 1 aromatic rings. The van der Waals surface area contributed by atoms with Gasteiger partial charge in [-0.3, -0.25) is 9.69 Å². The molecule has 1 aliphatic rings. The van der Waals surface area contributed by atoms with Gasteiger partial charge < -0.3 is 5.11 Å². The number of nitrogens with zero attached hydrogens (tertiary/aromatic N) is 2. The minimum Gasteiger partial charge on any atom is -0.480 e. The zero-order valence-electron chi connectivity index (χ0n) is 10.5. The van der Waals surface area contributed by atoms with Crippen LogP contribution in [-0.4, -0.2) is 28.6 Å². The minimum atomic E-state index is -0.864. The van der Waals surface area contributed by atoms with Gasteiger partial charge in [-0.05, 0) is 25.5 Å². The van der Waals surface area contributed by atoms with Crippen molar-refractivity contribution in [2.45, 2.75) is 31.8 Å². The smallest absolute Gasteiger partial charge is 0.320 e. The lowest BCUT2D eigenvalue weighted by Crippen LogP contribution is -2.44. The zero-order chi connectivity index (χ0) is 13.8. The summed E-state index contributed by atoms with van der Waals surface area (Å²) in [6.07, 6.45) is 2.40. The van der Waals surface area contributed by atoms with Crippen molar-refractivity contribution >= 4 is 5.97 Å². The standard InChI is InChI=1S/C14H15FN2O2/c15-13-10(8-16)4-3-5-11(13)9-17-7-2-1-6-12(17)14(18)19/h3-5,12H,1-2,6-7,9H2,(H,18,19). The van der Waals surface area contributed by atoms with Gasteiger partial charge in [-0.15, -0.1) is 0 Å². The first-order valence-corrected chi connectivity index (χ1v) is 6.28. The third-order valence-electron chi connectivity index (χ3n) is 3.47. The summed E-state index contributed by atoms with van der Waals surface area (Å²) in [4.78, 5) is 12.9. The topological polar surface area (TPSA) is 64.3 Å². The number of nitriles is 1. The number of hydrogen-bond donors (Lipinski definition) is 1. The van der Waals surface area contributed by atoms with Crippen molar-refractivity contribution in [3.63, 3.8) is 0 Å². The number of carboxylic acids is 1. The molecule has 1 aromatic carbocycles. The molecule has 0 spiro atoms. The monoisotopic (exact) mass is 262 g/mol. The summed E-state index contributed by atoms with van der Waals surface area (Å²) in [5.74, 6) is -1.41. The molecule has 1 N–H and O–H groups in total. The third-order valence-corrected chi connectivity index (χ3v) is 3.47. The van der Waals surface area contributed by atoms with Crippen molar-refractivity contribution < 1.29 is 14.3 Å². The van der Waals surface area contributed by atoms with Gasteiger partial charge in [0.1, 0.15) is 17.9 Å². The summed E-state index contributed by atoms with van der Waals surface area (Å²) in [6.45, 7) is 0.880. The molecule has 0 bridgehead atoms. The van der Waals surface area contributed by atoms with Gasteiger partial charge in [0.15, 0.2) is 0 Å². The van der Waals surface area contributed by atoms with Crippen LogP contribution in [-0.2, 0) is 11.3 Å². The van der Waals surface area contributed by atoms with Gasteiger partial charge in [0, 0.05) is 12.1 Å². The molecular formula is C14H15FN2O2. The Bertz CT molecular complexity index is 525. The molecule has 1 atom stereocenters. The second-order valence-corrected chi connectivity index (χ2v) is 4.71. The first-order valence-electron chi connectivity index (χ1n) is 6.28. The van der Waals surface area contributed by atoms with Gasteiger partial charge in [-0.25, -0.2) is 4.39 Å². The van der Waals surface area contributed by atoms with Crippen LogP contribution >= 0.6 is 0 Å². The van der Waals surface area contributed by atoms with Crippen molar-refractivity contribution in [2.75, 3.05) is 6.54 Å². The van der Waals surface area contributed by atoms with Crippen molar-refractivity contribution in [1.29, 1.82) is 5.26 Å². The van der Waals surface area contributed by atoms with Gasteiger partial charge in [0.25, 0.3) is 0 Å². The normalized spacial score (nSPS) is 19.9. The number of halogens is 1. The second-order valence-electron chi connectivity index (χ2n) is 4.71. The molecule has 4 nitrogen and oxygen atoms in total. The molecule has 100 valence electrons. The number of likely N-dealkylation sites (tertiary alicyclic amines) is 1. The van der Waals surface area contributed by atoms with Crippen LogP contribution < -0.4 is 0 Å². The molecule has 1 saturated heterocycles. The van der Waals surface area contributed by atoms with E-state index in [1.165, 1.54) is 6.07 Å². The quantitative estimate of drug-likeness (QED) is 0.906. The maximum absolute atomic E-state index is 14.0. The maximum Gasteiger partial charge on any atom is 0.320 e. The van der Waals surface area contributed by atoms with E-state index in [0.29, 0.717) is 18.5 Å². The summed E-state index contributed by atoms with van der Waals surface area (Å²) < 4.78 is 14.0. The van der Waals surface area contributed by atoms with Crippen molar-refractivity contribution in [3.05, 3.63) is 35.1 Å². The second kappa shape index (κ2) is 5.81. The fourth-order valence-corrected chi connectivity index (χ4v) is 2.47. The van der Waals surface area contributed by atoms with Crippen LogP contribution in [0.4, 0.5) is 4.39 Å². The van der Waals surface area contributed by atoms with Crippen molar-refractivity contribution in [2.24, 2.45) is 0 Å². The molecular weight excluding hydrogens is 247 g/mol. The third kappa shape index (κ3) is 2.91. The maximum atomic E-state index is 14.0. The first-order chi connectivity index (χ1) is 9.13. The predicted octanol–water partition coefficient (Wildman–Crippen LogP) is 2.14. The highest BCUT2D eigenvalue weighted by atomic mass is 19.1. The number of benzene rings is 1. The average Bonchev–Trinajstić information content (AvgIpc) is 2.41. The molecule has 0 amide bonds. The molecule has 0 saturated carbocycles. The van der Waals surface area contributed by atoms with Crippen LogP contribution in [0.1, 0.15) is 30.4 Å². The number of carboxylic acid groups (broad SMARTS) is 1. The highest BCUT2D eigenvalue weighted by molar-refractivity contribution is 5.73. The van der Waals surface area contributed by atoms with Crippen LogP contribution in [0.5, 0.6) is 0 Å². The molecule has 1 fully saturated rings. The van der Waals surface area contributed by atoms with E-state index in [0.717, 1.165) is 12.8 Å². The molecule has 1 unspecified atom stereocenters. The Balaban J connectivity index is 2.20. The Morgan fingerprint density at radius 3 is 3.00 bits per heavy atom. The zero-order valence-corrected chi connectivity index (χ0v) is 10.5. The number of rotatable bonds is 3. The number of aliphatic carboxylic acids is 1. The fraction of sp³-hybridized carbons (Fsp3) is 0.429. The number of hydrogen-bond acceptors (Lipinski definition) is 3. The van der Waals surface area contributed by atoms with E-state index in [9.17, 15) is 9.18 Å². The van der Waals surface area contributed by atoms with Crippen LogP contribution in [0.2, 0.25) is 0 Å². The fourth-order valence-electron chi connectivity index (χ4n) is 2.47. The van der Waals surface area contributed by atoms with Gasteiger partial charge >= 0.3 is 5.97 Å². The largest absolute Gasteiger partial charge is 0.480 e. The first kappa shape index (κ1) is 13.5. The molecule has 2 rings (SSSR count). The van der Waals surface area contributed by atoms with Crippen molar-refractivity contribution in [3.8, 4) is 6.07 Å². The Hall–Kier alpha value is -1.93. The summed E-state index contributed by atoms with van der Waals surface area (Å²) in [7, 11) is 0. The summed E-state index contributed by atoms with van der Waals surface area (Å²) >= 11 is 0. The van der Waals surface area contributed by atoms with Crippen LogP contribution in [0.25, 0.3) is 0 Å². The van der Waals surface area contributed by atoms with Gasteiger partial charge in [0.2, 0.25) is 0 Å². The van der Waals surface area contributed by atoms with E-state index < -0.39 is 17.8 Å². The molecule has 1 heterocycles. The minimum absolute atomic E-state index is 0.00128. The SMILES string of the molecule is N#Cc1cccc(CN2CCCCC2C(=O)O)c1F. The molecule has 0 aromatic heterocycles. The van der Waals surface area contributed by atoms with E-state index in [1.807, 2.05) is 0 Å². The lowest BCUT2D eigenvalue weighted by Gasteiger charge is -2.32. The van der Waals surface area contributed by atoms with Crippen LogP contribution in [0, 0.1) is 17.1 Å². The van der Waals surface area contributed by atoms with Crippen LogP contribution in [0.3, 0.4) is 0 Å². The Morgan fingerprint density at radius 1 is 1.53 bits per heavy atom. The number of piperidine rings is 1. The Labute approximate surface area is 111 Å². The van der Waals surface area contributed by atoms with E-state index in [-0.39, 0.29) is 12.1 Å². The Morgan fingerprint density at radius 2 is 2.32 bits per heavy atom. The highest BCUT2D eigenvalue weighted by Crippen LogP contribution is 2.22. The molecule has 5 heteroatoms. The molecule has 0 aliphatic carbocycles. The molecule has 19 heavy (non-hydrogen) atoms. The van der Waals surface area contributed by atoms with E-state index in [2.05, 4.69) is 0 Å². The lowest BCUT2D eigenvalue weighted by molar-refractivity contribution is -0.144. The molecule has 1 aliphatic heterocycles. The highest BCUT2D eigenvalue weighted by Gasteiger charge is 2.28. The van der Waals surface area contributed by atoms with Gasteiger partial charge in [-0.1, -0.05) is 18.6 Å². The van der Waals surface area contributed by atoms with E-state index >= 15 is 0 Å². The van der Waals surface area contributed by atoms with E-state index in [1.54, 1.807) is 23.1 Å². The Kier molecular flexibility index (Phi) is 4.13. The predicted molar refractivity (Wildman–Crippen MR) is 66.8 cm³/mol. The summed E-state index contributed by atoms with van der Waals surface area (Å²) in [5.41, 5.74) is 0.383. The molecule has 0 radical (unpaired) electrons. The number of carbonyl (C=O) groups is 1. The summed E-state index contributed by atoms with van der Waals surface area (Å²) in [5, 5.41) is 18.0. The van der Waals surface area contributed by atoms with Gasteiger partial charge in [0.05, 0.1) is 5.56 Å².